The molecule has 1 saturated heterocycles. The van der Waals surface area contributed by atoms with Crippen molar-refractivity contribution in [3.05, 3.63) is 71.9 Å². The van der Waals surface area contributed by atoms with Gasteiger partial charge in [-0.2, -0.15) is 0 Å². The number of hydrogen-bond acceptors (Lipinski definition) is 6. The Labute approximate surface area is 176 Å². The van der Waals surface area contributed by atoms with Gasteiger partial charge >= 0.3 is 0 Å². The highest BCUT2D eigenvalue weighted by Crippen LogP contribution is 2.25. The normalized spacial score (nSPS) is 21.5. The smallest absolute Gasteiger partial charge is 0.167 e. The number of rotatable bonds is 8. The fraction of sp³-hybridized carbons (Fsp3) is 0.375. The van der Waals surface area contributed by atoms with E-state index in [1.165, 1.54) is 0 Å². The Hall–Kier alpha value is -2.67. The molecule has 4 rings (SSSR count). The fourth-order valence-electron chi connectivity index (χ4n) is 3.76. The number of aromatic nitrogens is 1. The Balaban J connectivity index is 1.28. The van der Waals surface area contributed by atoms with Crippen molar-refractivity contribution in [2.75, 3.05) is 13.7 Å². The van der Waals surface area contributed by atoms with Crippen molar-refractivity contribution in [2.45, 2.75) is 44.1 Å². The van der Waals surface area contributed by atoms with E-state index >= 15 is 0 Å². The van der Waals surface area contributed by atoms with Gasteiger partial charge in [-0.15, -0.1) is 0 Å². The van der Waals surface area contributed by atoms with E-state index in [4.69, 9.17) is 14.0 Å². The highest BCUT2D eigenvalue weighted by Gasteiger charge is 2.30. The van der Waals surface area contributed by atoms with Gasteiger partial charge in [-0.1, -0.05) is 47.6 Å². The number of methoxy groups -OCH3 is 1. The summed E-state index contributed by atoms with van der Waals surface area (Å²) in [6, 6.07) is 19.9. The van der Waals surface area contributed by atoms with E-state index in [2.05, 4.69) is 10.5 Å². The lowest BCUT2D eigenvalue weighted by atomic mass is 9.98. The molecule has 0 amide bonds. The molecule has 0 saturated carbocycles. The minimum absolute atomic E-state index is 0.0231. The summed E-state index contributed by atoms with van der Waals surface area (Å²) in [6.07, 6.45) is 1.55. The Kier molecular flexibility index (Phi) is 6.79. The molecule has 6 heteroatoms. The van der Waals surface area contributed by atoms with E-state index in [1.54, 1.807) is 7.11 Å². The lowest BCUT2D eigenvalue weighted by Gasteiger charge is -2.34. The van der Waals surface area contributed by atoms with E-state index in [0.29, 0.717) is 19.5 Å². The molecule has 2 aromatic carbocycles. The van der Waals surface area contributed by atoms with Gasteiger partial charge in [-0.3, -0.25) is 0 Å². The zero-order valence-electron chi connectivity index (χ0n) is 17.2. The van der Waals surface area contributed by atoms with Crippen LogP contribution in [0.5, 0.6) is 5.75 Å². The van der Waals surface area contributed by atoms with Crippen molar-refractivity contribution in [3.63, 3.8) is 0 Å². The predicted octanol–water partition coefficient (Wildman–Crippen LogP) is 3.59. The SMILES string of the molecule is COc1ccc(CNCC2OC(Cc3cc(-c4ccccc4)on3)CCC2O)cc1. The molecule has 3 atom stereocenters. The Morgan fingerprint density at radius 1 is 1.10 bits per heavy atom. The Bertz CT molecular complexity index is 910. The molecule has 2 N–H and O–H groups in total. The van der Waals surface area contributed by atoms with Gasteiger partial charge in [0.15, 0.2) is 5.76 Å². The first-order valence-electron chi connectivity index (χ1n) is 10.4. The van der Waals surface area contributed by atoms with Crippen LogP contribution >= 0.6 is 0 Å². The van der Waals surface area contributed by atoms with Gasteiger partial charge in [0.25, 0.3) is 0 Å². The van der Waals surface area contributed by atoms with Gasteiger partial charge in [-0.05, 0) is 30.5 Å². The van der Waals surface area contributed by atoms with E-state index in [0.717, 1.165) is 41.2 Å². The molecule has 1 fully saturated rings. The number of aliphatic hydroxyl groups is 1. The second-order valence-electron chi connectivity index (χ2n) is 7.67. The standard InChI is InChI=1S/C24H28N2O4/c1-28-20-9-7-17(8-10-20)15-25-16-24-22(27)12-11-21(29-24)13-19-14-23(30-26-19)18-5-3-2-4-6-18/h2-10,14,21-22,24-25,27H,11-13,15-16H2,1H3. The summed E-state index contributed by atoms with van der Waals surface area (Å²) in [6.45, 7) is 1.31. The molecule has 30 heavy (non-hydrogen) atoms. The maximum Gasteiger partial charge on any atom is 0.167 e. The quantitative estimate of drug-likeness (QED) is 0.593. The third-order valence-corrected chi connectivity index (χ3v) is 5.47. The zero-order chi connectivity index (χ0) is 20.8. The van der Waals surface area contributed by atoms with E-state index in [-0.39, 0.29) is 12.2 Å². The van der Waals surface area contributed by atoms with Gasteiger partial charge in [0.1, 0.15) is 5.75 Å². The van der Waals surface area contributed by atoms with Crippen molar-refractivity contribution in [2.24, 2.45) is 0 Å². The highest BCUT2D eigenvalue weighted by molar-refractivity contribution is 5.56. The summed E-state index contributed by atoms with van der Waals surface area (Å²) in [5, 5.41) is 17.9. The highest BCUT2D eigenvalue weighted by atomic mass is 16.5. The molecule has 0 bridgehead atoms. The van der Waals surface area contributed by atoms with Crippen LogP contribution < -0.4 is 10.1 Å². The van der Waals surface area contributed by atoms with Crippen molar-refractivity contribution in [1.29, 1.82) is 0 Å². The molecule has 2 heterocycles. The third kappa shape index (κ3) is 5.27. The van der Waals surface area contributed by atoms with Crippen LogP contribution in [-0.2, 0) is 17.7 Å². The molecular weight excluding hydrogens is 380 g/mol. The predicted molar refractivity (Wildman–Crippen MR) is 114 cm³/mol. The molecule has 0 spiro atoms. The van der Waals surface area contributed by atoms with Crippen LogP contribution in [0.1, 0.15) is 24.1 Å². The van der Waals surface area contributed by atoms with E-state index < -0.39 is 6.10 Å². The number of hydrogen-bond donors (Lipinski definition) is 2. The average molecular weight is 408 g/mol. The molecule has 6 nitrogen and oxygen atoms in total. The Morgan fingerprint density at radius 2 is 1.90 bits per heavy atom. The van der Waals surface area contributed by atoms with Gasteiger partial charge in [0.05, 0.1) is 31.1 Å². The summed E-state index contributed by atoms with van der Waals surface area (Å²) < 4.78 is 16.9. The first-order valence-corrected chi connectivity index (χ1v) is 10.4. The van der Waals surface area contributed by atoms with Crippen LogP contribution in [0.2, 0.25) is 0 Å². The van der Waals surface area contributed by atoms with E-state index in [9.17, 15) is 5.11 Å². The molecule has 0 radical (unpaired) electrons. The van der Waals surface area contributed by atoms with Crippen molar-refractivity contribution in [3.8, 4) is 17.1 Å². The summed E-state index contributed by atoms with van der Waals surface area (Å²) in [4.78, 5) is 0. The van der Waals surface area contributed by atoms with Gasteiger partial charge in [0, 0.05) is 31.1 Å². The van der Waals surface area contributed by atoms with Crippen molar-refractivity contribution >= 4 is 0 Å². The average Bonchev–Trinajstić information content (AvgIpc) is 3.25. The first kappa shape index (κ1) is 20.6. The number of nitrogens with zero attached hydrogens (tertiary/aromatic N) is 1. The molecule has 0 aliphatic carbocycles. The lowest BCUT2D eigenvalue weighted by molar-refractivity contribution is -0.115. The number of aliphatic hydroxyl groups excluding tert-OH is 1. The molecule has 3 aromatic rings. The zero-order valence-corrected chi connectivity index (χ0v) is 17.2. The van der Waals surface area contributed by atoms with E-state index in [1.807, 2.05) is 60.7 Å². The number of benzene rings is 2. The van der Waals surface area contributed by atoms with Crippen LogP contribution in [0, 0.1) is 0 Å². The van der Waals surface area contributed by atoms with Gasteiger partial charge < -0.3 is 24.4 Å². The monoisotopic (exact) mass is 408 g/mol. The van der Waals surface area contributed by atoms with Crippen LogP contribution in [0.3, 0.4) is 0 Å². The minimum atomic E-state index is -0.457. The van der Waals surface area contributed by atoms with Crippen LogP contribution in [-0.4, -0.2) is 42.2 Å². The summed E-state index contributed by atoms with van der Waals surface area (Å²) in [5.74, 6) is 1.61. The molecule has 1 aliphatic heterocycles. The molecular formula is C24H28N2O4. The molecule has 158 valence electrons. The lowest BCUT2D eigenvalue weighted by Crippen LogP contribution is -2.45. The Morgan fingerprint density at radius 3 is 2.67 bits per heavy atom. The second kappa shape index (κ2) is 9.89. The first-order chi connectivity index (χ1) is 14.7. The van der Waals surface area contributed by atoms with Gasteiger partial charge in [0.2, 0.25) is 0 Å². The maximum absolute atomic E-state index is 10.4. The largest absolute Gasteiger partial charge is 0.497 e. The summed E-state index contributed by atoms with van der Waals surface area (Å²) >= 11 is 0. The van der Waals surface area contributed by atoms with Crippen LogP contribution in [0.25, 0.3) is 11.3 Å². The summed E-state index contributed by atoms with van der Waals surface area (Å²) in [5.41, 5.74) is 3.05. The molecule has 1 aromatic heterocycles. The maximum atomic E-state index is 10.4. The molecule has 3 unspecified atom stereocenters. The molecule has 1 aliphatic rings. The third-order valence-electron chi connectivity index (χ3n) is 5.47. The number of ether oxygens (including phenoxy) is 2. The van der Waals surface area contributed by atoms with Crippen LogP contribution in [0.15, 0.2) is 65.2 Å². The van der Waals surface area contributed by atoms with Crippen molar-refractivity contribution in [1.82, 2.24) is 10.5 Å². The minimum Gasteiger partial charge on any atom is -0.497 e. The fourth-order valence-corrected chi connectivity index (χ4v) is 3.76. The second-order valence-corrected chi connectivity index (χ2v) is 7.67. The van der Waals surface area contributed by atoms with Crippen molar-refractivity contribution < 1.29 is 19.1 Å². The topological polar surface area (TPSA) is 76.8 Å². The summed E-state index contributed by atoms with van der Waals surface area (Å²) in [7, 11) is 1.66. The van der Waals surface area contributed by atoms with Crippen LogP contribution in [0.4, 0.5) is 0 Å². The number of nitrogens with one attached hydrogen (secondary N) is 1. The van der Waals surface area contributed by atoms with Gasteiger partial charge in [-0.25, -0.2) is 0 Å².